The molecule has 3 aromatic rings. The van der Waals surface area contributed by atoms with Gasteiger partial charge < -0.3 is 4.74 Å². The molecule has 0 spiro atoms. The summed E-state index contributed by atoms with van der Waals surface area (Å²) >= 11 is 0. The zero-order chi connectivity index (χ0) is 30.3. The predicted octanol–water partition coefficient (Wildman–Crippen LogP) is 12.5. The Balaban J connectivity index is 1.42. The molecule has 0 amide bonds. The highest BCUT2D eigenvalue weighted by atomic mass is 19.2. The van der Waals surface area contributed by atoms with Gasteiger partial charge in [0.2, 0.25) is 0 Å². The van der Waals surface area contributed by atoms with E-state index in [2.05, 4.69) is 19.9 Å². The maximum atomic E-state index is 15.5. The molecule has 1 nitrogen and oxygen atoms in total. The molecule has 0 heterocycles. The van der Waals surface area contributed by atoms with Crippen molar-refractivity contribution in [2.75, 3.05) is 6.61 Å². The molecule has 230 valence electrons. The van der Waals surface area contributed by atoms with E-state index >= 15 is 8.78 Å². The first-order valence-electron chi connectivity index (χ1n) is 16.7. The van der Waals surface area contributed by atoms with Crippen molar-refractivity contribution in [1.82, 2.24) is 0 Å². The van der Waals surface area contributed by atoms with Crippen LogP contribution in [-0.2, 0) is 4.74 Å². The van der Waals surface area contributed by atoms with E-state index in [1.165, 1.54) is 64.2 Å². The Bertz CT molecular complexity index is 1310. The van der Waals surface area contributed by atoms with Crippen molar-refractivity contribution in [3.63, 3.8) is 0 Å². The molecule has 1 aliphatic carbocycles. The molecule has 0 N–H and O–H groups in total. The molecule has 0 saturated heterocycles. The SMILES string of the molecule is CCCCCCCCCC1(OCCCCCCC)C=CC(c2ccc(-c3ccc(-c4ccccc4)cc3)c(F)c2F)=CC1. The maximum absolute atomic E-state index is 15.5. The van der Waals surface area contributed by atoms with Crippen LogP contribution >= 0.6 is 0 Å². The fraction of sp³-hybridized carbons (Fsp3) is 0.450. The quantitative estimate of drug-likeness (QED) is 0.135. The number of hydrogen-bond acceptors (Lipinski definition) is 1. The molecule has 0 saturated carbocycles. The van der Waals surface area contributed by atoms with Crippen LogP contribution in [0.3, 0.4) is 0 Å². The second-order valence-electron chi connectivity index (χ2n) is 12.1. The van der Waals surface area contributed by atoms with Crippen LogP contribution in [0.5, 0.6) is 0 Å². The summed E-state index contributed by atoms with van der Waals surface area (Å²) in [6.07, 6.45) is 22.6. The first-order chi connectivity index (χ1) is 21.1. The third-order valence-corrected chi connectivity index (χ3v) is 8.77. The third kappa shape index (κ3) is 9.47. The average Bonchev–Trinajstić information content (AvgIpc) is 3.05. The molecule has 43 heavy (non-hydrogen) atoms. The molecular weight excluding hydrogens is 534 g/mol. The van der Waals surface area contributed by atoms with Crippen LogP contribution in [0, 0.1) is 11.6 Å². The molecule has 4 rings (SSSR count). The van der Waals surface area contributed by atoms with Gasteiger partial charge in [-0.3, -0.25) is 0 Å². The number of allylic oxidation sites excluding steroid dienone is 2. The van der Waals surface area contributed by atoms with E-state index in [1.807, 2.05) is 66.7 Å². The number of ether oxygens (including phenoxy) is 1. The molecule has 0 aromatic heterocycles. The second-order valence-corrected chi connectivity index (χ2v) is 12.1. The number of hydrogen-bond donors (Lipinski definition) is 0. The highest BCUT2D eigenvalue weighted by molar-refractivity contribution is 5.78. The molecule has 0 bridgehead atoms. The zero-order valence-electron chi connectivity index (χ0n) is 26.4. The van der Waals surface area contributed by atoms with E-state index in [4.69, 9.17) is 4.74 Å². The lowest BCUT2D eigenvalue weighted by atomic mass is 9.84. The molecule has 0 radical (unpaired) electrons. The Morgan fingerprint density at radius 2 is 1.16 bits per heavy atom. The van der Waals surface area contributed by atoms with Gasteiger partial charge >= 0.3 is 0 Å². The van der Waals surface area contributed by atoms with E-state index in [0.29, 0.717) is 17.5 Å². The third-order valence-electron chi connectivity index (χ3n) is 8.77. The molecule has 3 heteroatoms. The van der Waals surface area contributed by atoms with Gasteiger partial charge in [-0.05, 0) is 41.5 Å². The Labute approximate surface area is 259 Å². The fourth-order valence-electron chi connectivity index (χ4n) is 6.06. The highest BCUT2D eigenvalue weighted by Gasteiger charge is 2.30. The van der Waals surface area contributed by atoms with Crippen LogP contribution in [0.15, 0.2) is 85.0 Å². The van der Waals surface area contributed by atoms with Gasteiger partial charge in [0.05, 0.1) is 5.60 Å². The molecule has 0 fully saturated rings. The molecule has 3 aromatic carbocycles. The van der Waals surface area contributed by atoms with Crippen molar-refractivity contribution < 1.29 is 13.5 Å². The minimum atomic E-state index is -0.803. The van der Waals surface area contributed by atoms with Crippen molar-refractivity contribution in [2.24, 2.45) is 0 Å². The summed E-state index contributed by atoms with van der Waals surface area (Å²) in [4.78, 5) is 0. The molecule has 1 unspecified atom stereocenters. The predicted molar refractivity (Wildman–Crippen MR) is 179 cm³/mol. The number of halogens is 2. The van der Waals surface area contributed by atoms with Gasteiger partial charge in [0.25, 0.3) is 0 Å². The summed E-state index contributed by atoms with van der Waals surface area (Å²) in [6.45, 7) is 5.23. The maximum Gasteiger partial charge on any atom is 0.167 e. The largest absolute Gasteiger partial charge is 0.371 e. The van der Waals surface area contributed by atoms with Crippen molar-refractivity contribution >= 4 is 5.57 Å². The minimum absolute atomic E-state index is 0.279. The second kappa shape index (κ2) is 17.3. The van der Waals surface area contributed by atoms with Crippen LogP contribution in [-0.4, -0.2) is 12.2 Å². The summed E-state index contributed by atoms with van der Waals surface area (Å²) in [5.41, 5.74) is 3.76. The Morgan fingerprint density at radius 3 is 1.81 bits per heavy atom. The summed E-state index contributed by atoms with van der Waals surface area (Å²) in [5.74, 6) is -1.60. The van der Waals surface area contributed by atoms with Crippen LogP contribution in [0.4, 0.5) is 8.78 Å². The van der Waals surface area contributed by atoms with E-state index < -0.39 is 11.6 Å². The first kappa shape index (κ1) is 32.9. The smallest absolute Gasteiger partial charge is 0.167 e. The van der Waals surface area contributed by atoms with Crippen LogP contribution in [0.1, 0.15) is 109 Å². The number of rotatable bonds is 18. The van der Waals surface area contributed by atoms with Crippen molar-refractivity contribution in [1.29, 1.82) is 0 Å². The van der Waals surface area contributed by atoms with E-state index in [9.17, 15) is 0 Å². The lowest BCUT2D eigenvalue weighted by Gasteiger charge is -2.33. The topological polar surface area (TPSA) is 9.23 Å². The van der Waals surface area contributed by atoms with Gasteiger partial charge in [-0.15, -0.1) is 0 Å². The summed E-state index contributed by atoms with van der Waals surface area (Å²) < 4.78 is 37.5. The standard InChI is InChI=1S/C40H50F2O/c1-3-5-7-9-10-11-16-28-40(43-31-17-12-8-6-4-2)29-26-35(27-30-40)37-25-24-36(38(41)39(37)42)34-22-20-33(21-23-34)32-18-14-13-15-19-32/h13-15,18-27,29H,3-12,16-17,28,30-31H2,1-2H3. The van der Waals surface area contributed by atoms with Gasteiger partial charge in [0, 0.05) is 17.7 Å². The Hall–Kier alpha value is -3.04. The van der Waals surface area contributed by atoms with E-state index in [-0.39, 0.29) is 11.2 Å². The van der Waals surface area contributed by atoms with E-state index in [1.54, 1.807) is 12.1 Å². The highest BCUT2D eigenvalue weighted by Crippen LogP contribution is 2.37. The normalized spacial score (nSPS) is 16.4. The molecule has 1 aliphatic rings. The van der Waals surface area contributed by atoms with Crippen molar-refractivity contribution in [3.8, 4) is 22.3 Å². The van der Waals surface area contributed by atoms with Gasteiger partial charge in [-0.25, -0.2) is 8.78 Å². The van der Waals surface area contributed by atoms with Gasteiger partial charge in [-0.1, -0.05) is 169 Å². The van der Waals surface area contributed by atoms with Gasteiger partial charge in [0.15, 0.2) is 11.6 Å². The number of unbranched alkanes of at least 4 members (excludes halogenated alkanes) is 10. The Kier molecular flexibility index (Phi) is 13.2. The van der Waals surface area contributed by atoms with Crippen LogP contribution in [0.25, 0.3) is 27.8 Å². The summed E-state index contributed by atoms with van der Waals surface area (Å²) in [6, 6.07) is 21.1. The van der Waals surface area contributed by atoms with Crippen molar-refractivity contribution in [2.45, 2.75) is 109 Å². The Morgan fingerprint density at radius 1 is 0.605 bits per heavy atom. The molecule has 0 aliphatic heterocycles. The summed E-state index contributed by atoms with van der Waals surface area (Å²) in [5, 5.41) is 0. The van der Waals surface area contributed by atoms with Gasteiger partial charge in [0.1, 0.15) is 0 Å². The molecule has 1 atom stereocenters. The minimum Gasteiger partial charge on any atom is -0.371 e. The summed E-state index contributed by atoms with van der Waals surface area (Å²) in [7, 11) is 0. The van der Waals surface area contributed by atoms with E-state index in [0.717, 1.165) is 42.6 Å². The van der Waals surface area contributed by atoms with Crippen LogP contribution < -0.4 is 0 Å². The van der Waals surface area contributed by atoms with Crippen molar-refractivity contribution in [3.05, 3.63) is 102 Å². The number of benzene rings is 3. The molecular formula is C40H50F2O. The van der Waals surface area contributed by atoms with Crippen LogP contribution in [0.2, 0.25) is 0 Å². The van der Waals surface area contributed by atoms with Gasteiger partial charge in [-0.2, -0.15) is 0 Å². The monoisotopic (exact) mass is 584 g/mol. The fourth-order valence-corrected chi connectivity index (χ4v) is 6.06. The lowest BCUT2D eigenvalue weighted by Crippen LogP contribution is -2.31. The lowest BCUT2D eigenvalue weighted by molar-refractivity contribution is -0.0165. The average molecular weight is 585 g/mol. The zero-order valence-corrected chi connectivity index (χ0v) is 26.4. The first-order valence-corrected chi connectivity index (χ1v) is 16.7.